The number of hydrogen-bond acceptors (Lipinski definition) is 3. The Balaban J connectivity index is 3.92. The third kappa shape index (κ3) is 6.19. The van der Waals surface area contributed by atoms with Crippen molar-refractivity contribution in [2.24, 2.45) is 4.99 Å². The van der Waals surface area contributed by atoms with E-state index < -0.39 is 0 Å². The number of amidine groups is 1. The number of carbonyl (C=O) groups is 1. The third-order valence-electron chi connectivity index (χ3n) is 1.49. The fourth-order valence-corrected chi connectivity index (χ4v) is 0.732. The second-order valence-electron chi connectivity index (χ2n) is 2.48. The zero-order chi connectivity index (χ0) is 10.8. The molecule has 80 valence electrons. The van der Waals surface area contributed by atoms with Crippen LogP contribution >= 0.6 is 0 Å². The maximum absolute atomic E-state index is 10.9. The van der Waals surface area contributed by atoms with Crippen LogP contribution in [-0.4, -0.2) is 46.1 Å². The summed E-state index contributed by atoms with van der Waals surface area (Å²) in [5.74, 6) is 0.505. The average Bonchev–Trinajstić information content (AvgIpc) is 2.22. The van der Waals surface area contributed by atoms with Crippen LogP contribution in [0.5, 0.6) is 0 Å². The fraction of sp³-hybridized carbons (Fsp3) is 0.556. The summed E-state index contributed by atoms with van der Waals surface area (Å²) in [7, 11) is 4.86. The summed E-state index contributed by atoms with van der Waals surface area (Å²) in [6.07, 6.45) is 3.04. The quantitative estimate of drug-likeness (QED) is 0.273. The number of ether oxygens (including phenoxy) is 1. The van der Waals surface area contributed by atoms with Gasteiger partial charge in [0.1, 0.15) is 5.84 Å². The SMILES string of the molecule is CN=C(/C=C/C(=O)NC)NCCOC. The highest BCUT2D eigenvalue weighted by Crippen LogP contribution is 1.78. The number of likely N-dealkylation sites (N-methyl/N-ethyl adjacent to an activating group) is 1. The van der Waals surface area contributed by atoms with Crippen molar-refractivity contribution in [1.82, 2.24) is 10.6 Å². The van der Waals surface area contributed by atoms with Crippen molar-refractivity contribution in [3.05, 3.63) is 12.2 Å². The van der Waals surface area contributed by atoms with Gasteiger partial charge < -0.3 is 15.4 Å². The molecule has 0 radical (unpaired) electrons. The van der Waals surface area contributed by atoms with Crippen LogP contribution in [0.1, 0.15) is 0 Å². The Morgan fingerprint density at radius 2 is 2.21 bits per heavy atom. The molecule has 0 aliphatic carbocycles. The van der Waals surface area contributed by atoms with Gasteiger partial charge in [0.15, 0.2) is 0 Å². The monoisotopic (exact) mass is 199 g/mol. The van der Waals surface area contributed by atoms with Gasteiger partial charge in [-0.3, -0.25) is 9.79 Å². The van der Waals surface area contributed by atoms with Crippen molar-refractivity contribution in [2.45, 2.75) is 0 Å². The lowest BCUT2D eigenvalue weighted by molar-refractivity contribution is -0.116. The van der Waals surface area contributed by atoms with Crippen molar-refractivity contribution in [2.75, 3.05) is 34.4 Å². The molecule has 14 heavy (non-hydrogen) atoms. The van der Waals surface area contributed by atoms with Gasteiger partial charge in [-0.2, -0.15) is 0 Å². The first-order chi connectivity index (χ1) is 6.74. The van der Waals surface area contributed by atoms with Gasteiger partial charge in [-0.15, -0.1) is 0 Å². The maximum Gasteiger partial charge on any atom is 0.243 e. The lowest BCUT2D eigenvalue weighted by atomic mass is 10.4. The normalized spacial score (nSPS) is 11.8. The number of methoxy groups -OCH3 is 1. The van der Waals surface area contributed by atoms with Crippen molar-refractivity contribution in [1.29, 1.82) is 0 Å². The topological polar surface area (TPSA) is 62.7 Å². The van der Waals surface area contributed by atoms with E-state index in [0.717, 1.165) is 0 Å². The molecule has 0 saturated heterocycles. The van der Waals surface area contributed by atoms with Gasteiger partial charge in [0.2, 0.25) is 5.91 Å². The molecule has 0 fully saturated rings. The molecule has 0 rings (SSSR count). The first-order valence-corrected chi connectivity index (χ1v) is 4.34. The standard InChI is InChI=1S/C9H17N3O2/c1-10-8(12-6-7-14-3)4-5-9(13)11-2/h4-5H,6-7H2,1-3H3,(H,10,12)(H,11,13)/b5-4+. The summed E-state index contributed by atoms with van der Waals surface area (Å²) < 4.78 is 4.86. The molecule has 5 nitrogen and oxygen atoms in total. The van der Waals surface area contributed by atoms with Gasteiger partial charge in [0.25, 0.3) is 0 Å². The predicted molar refractivity (Wildman–Crippen MR) is 56.4 cm³/mol. The number of rotatable bonds is 5. The van der Waals surface area contributed by atoms with Gasteiger partial charge >= 0.3 is 0 Å². The van der Waals surface area contributed by atoms with E-state index in [4.69, 9.17) is 4.74 Å². The molecule has 0 bridgehead atoms. The van der Waals surface area contributed by atoms with Crippen LogP contribution < -0.4 is 10.6 Å². The van der Waals surface area contributed by atoms with Crippen LogP contribution in [0.3, 0.4) is 0 Å². The lowest BCUT2D eigenvalue weighted by Crippen LogP contribution is -2.26. The number of nitrogens with one attached hydrogen (secondary N) is 2. The van der Waals surface area contributed by atoms with E-state index in [0.29, 0.717) is 19.0 Å². The van der Waals surface area contributed by atoms with E-state index in [9.17, 15) is 4.79 Å². The zero-order valence-corrected chi connectivity index (χ0v) is 8.83. The second-order valence-corrected chi connectivity index (χ2v) is 2.48. The van der Waals surface area contributed by atoms with Gasteiger partial charge in [-0.25, -0.2) is 0 Å². The summed E-state index contributed by atoms with van der Waals surface area (Å²) in [5.41, 5.74) is 0. The number of amides is 1. The van der Waals surface area contributed by atoms with Crippen molar-refractivity contribution >= 4 is 11.7 Å². The molecule has 0 atom stereocenters. The number of hydrogen-bond donors (Lipinski definition) is 2. The molecule has 5 heteroatoms. The smallest absolute Gasteiger partial charge is 0.243 e. The Bertz CT molecular complexity index is 224. The van der Waals surface area contributed by atoms with Crippen LogP contribution in [-0.2, 0) is 9.53 Å². The van der Waals surface area contributed by atoms with E-state index in [2.05, 4.69) is 15.6 Å². The minimum absolute atomic E-state index is 0.153. The first-order valence-electron chi connectivity index (χ1n) is 4.34. The minimum atomic E-state index is -0.153. The molecule has 0 aromatic rings. The summed E-state index contributed by atoms with van der Waals surface area (Å²) in [5, 5.41) is 5.49. The van der Waals surface area contributed by atoms with E-state index in [-0.39, 0.29) is 5.91 Å². The van der Waals surface area contributed by atoms with Crippen molar-refractivity contribution < 1.29 is 9.53 Å². The molecule has 0 aliphatic heterocycles. The van der Waals surface area contributed by atoms with Crippen molar-refractivity contribution in [3.8, 4) is 0 Å². The average molecular weight is 199 g/mol. The molecule has 0 saturated carbocycles. The van der Waals surface area contributed by atoms with Crippen LogP contribution in [0.25, 0.3) is 0 Å². The van der Waals surface area contributed by atoms with Crippen molar-refractivity contribution in [3.63, 3.8) is 0 Å². The number of aliphatic imine (C=N–C) groups is 1. The number of carbonyl (C=O) groups excluding carboxylic acids is 1. The van der Waals surface area contributed by atoms with Gasteiger partial charge in [0, 0.05) is 33.8 Å². The van der Waals surface area contributed by atoms with E-state index in [1.807, 2.05) is 0 Å². The number of nitrogens with zero attached hydrogens (tertiary/aromatic N) is 1. The van der Waals surface area contributed by atoms with Crippen LogP contribution in [0, 0.1) is 0 Å². The van der Waals surface area contributed by atoms with E-state index >= 15 is 0 Å². The Kier molecular flexibility index (Phi) is 7.45. The largest absolute Gasteiger partial charge is 0.383 e. The lowest BCUT2D eigenvalue weighted by Gasteiger charge is -2.03. The molecule has 2 N–H and O–H groups in total. The highest BCUT2D eigenvalue weighted by molar-refractivity contribution is 5.99. The molecule has 0 aromatic heterocycles. The molecule has 0 unspecified atom stereocenters. The highest BCUT2D eigenvalue weighted by atomic mass is 16.5. The predicted octanol–water partition coefficient (Wildman–Crippen LogP) is -0.447. The van der Waals surface area contributed by atoms with Crippen LogP contribution in [0.4, 0.5) is 0 Å². The molecule has 0 spiro atoms. The van der Waals surface area contributed by atoms with E-state index in [1.165, 1.54) is 6.08 Å². The third-order valence-corrected chi connectivity index (χ3v) is 1.49. The molecule has 0 aliphatic rings. The molecule has 1 amide bonds. The van der Waals surface area contributed by atoms with E-state index in [1.54, 1.807) is 27.3 Å². The molecule has 0 heterocycles. The van der Waals surface area contributed by atoms with Gasteiger partial charge in [-0.1, -0.05) is 0 Å². The summed E-state index contributed by atoms with van der Waals surface area (Å²) >= 11 is 0. The minimum Gasteiger partial charge on any atom is -0.383 e. The molecule has 0 aromatic carbocycles. The molecular formula is C9H17N3O2. The summed E-state index contributed by atoms with van der Waals surface area (Å²) in [4.78, 5) is 14.8. The summed E-state index contributed by atoms with van der Waals surface area (Å²) in [6.45, 7) is 1.27. The summed E-state index contributed by atoms with van der Waals surface area (Å²) in [6, 6.07) is 0. The second kappa shape index (κ2) is 8.25. The zero-order valence-electron chi connectivity index (χ0n) is 8.83. The first kappa shape index (κ1) is 12.6. The van der Waals surface area contributed by atoms with Crippen LogP contribution in [0.15, 0.2) is 17.1 Å². The van der Waals surface area contributed by atoms with Gasteiger partial charge in [0.05, 0.1) is 6.61 Å². The molecular weight excluding hydrogens is 182 g/mol. The Hall–Kier alpha value is -1.36. The van der Waals surface area contributed by atoms with Crippen LogP contribution in [0.2, 0.25) is 0 Å². The maximum atomic E-state index is 10.9. The Labute approximate surface area is 84.2 Å². The fourth-order valence-electron chi connectivity index (χ4n) is 0.732. The Morgan fingerprint density at radius 1 is 1.50 bits per heavy atom. The van der Waals surface area contributed by atoms with Gasteiger partial charge in [-0.05, 0) is 6.08 Å². The Morgan fingerprint density at radius 3 is 2.71 bits per heavy atom. The highest BCUT2D eigenvalue weighted by Gasteiger charge is 1.93.